The molecule has 10 nitrogen and oxygen atoms in total. The first-order valence-corrected chi connectivity index (χ1v) is 25.2. The number of rotatable bonds is 10. The Labute approximate surface area is 402 Å². The molecule has 0 unspecified atom stereocenters. The van der Waals surface area contributed by atoms with Gasteiger partial charge in [0.2, 0.25) is 0 Å². The number of carbonyl (C=O) groups excluding carboxylic acids is 2. The molecule has 68 heavy (non-hydrogen) atoms. The molecule has 2 fully saturated rings. The number of amides is 2. The van der Waals surface area contributed by atoms with Gasteiger partial charge in [0.1, 0.15) is 0 Å². The van der Waals surface area contributed by atoms with Crippen molar-refractivity contribution in [3.05, 3.63) is 167 Å². The molecule has 6 atom stereocenters. The Kier molecular flexibility index (Phi) is 13.6. The lowest BCUT2D eigenvalue weighted by Crippen LogP contribution is -2.49. The van der Waals surface area contributed by atoms with Gasteiger partial charge in [0.25, 0.3) is 11.8 Å². The van der Waals surface area contributed by atoms with Crippen LogP contribution in [-0.2, 0) is 36.8 Å². The van der Waals surface area contributed by atoms with E-state index < -0.39 is 11.2 Å². The van der Waals surface area contributed by atoms with E-state index in [4.69, 9.17) is 0 Å². The normalized spacial score (nSPS) is 26.3. The molecule has 2 aromatic carbocycles. The van der Waals surface area contributed by atoms with Gasteiger partial charge in [-0.25, -0.2) is 0 Å². The van der Waals surface area contributed by atoms with Crippen molar-refractivity contribution in [1.82, 2.24) is 19.1 Å². The van der Waals surface area contributed by atoms with Crippen molar-refractivity contribution in [3.8, 4) is 0 Å². The molecule has 2 amide bonds. The molecule has 4 aliphatic rings. The minimum Gasteiger partial charge on any atom is -0.390 e. The van der Waals surface area contributed by atoms with Gasteiger partial charge in [-0.3, -0.25) is 19.6 Å². The fourth-order valence-electron chi connectivity index (χ4n) is 12.6. The number of aliphatic hydroxyl groups is 2. The van der Waals surface area contributed by atoms with Crippen molar-refractivity contribution in [2.75, 3.05) is 10.6 Å². The lowest BCUT2D eigenvalue weighted by atomic mass is 9.57. The number of benzene rings is 2. The van der Waals surface area contributed by atoms with Crippen LogP contribution in [-0.4, -0.2) is 52.3 Å². The second kappa shape index (κ2) is 19.6. The maximum atomic E-state index is 13.2. The highest BCUT2D eigenvalue weighted by Gasteiger charge is 2.52. The molecule has 0 bridgehead atoms. The quantitative estimate of drug-likeness (QED) is 0.108. The number of pyridine rings is 2. The average molecular weight is 915 g/mol. The Morgan fingerprint density at radius 1 is 0.603 bits per heavy atom. The monoisotopic (exact) mass is 915 g/mol. The van der Waals surface area contributed by atoms with Crippen LogP contribution >= 0.6 is 0 Å². The molecule has 4 aromatic heterocycles. The Balaban J connectivity index is 0.000000170. The Morgan fingerprint density at radius 2 is 1.01 bits per heavy atom. The van der Waals surface area contributed by atoms with Crippen LogP contribution < -0.4 is 10.6 Å². The third-order valence-electron chi connectivity index (χ3n) is 16.7. The van der Waals surface area contributed by atoms with Crippen LogP contribution in [0.1, 0.15) is 146 Å². The molecule has 0 spiro atoms. The molecule has 6 heterocycles. The first-order valence-electron chi connectivity index (χ1n) is 25.2. The fourth-order valence-corrected chi connectivity index (χ4v) is 12.6. The third-order valence-corrected chi connectivity index (χ3v) is 16.7. The number of hydrogen-bond acceptors (Lipinski definition) is 6. The summed E-state index contributed by atoms with van der Waals surface area (Å²) in [6.07, 6.45) is 20.5. The van der Waals surface area contributed by atoms with Gasteiger partial charge in [-0.1, -0.05) is 74.5 Å². The van der Waals surface area contributed by atoms with E-state index in [0.717, 1.165) is 126 Å². The molecule has 10 heteroatoms. The zero-order chi connectivity index (χ0) is 47.5. The number of carbonyl (C=O) groups is 2. The van der Waals surface area contributed by atoms with Crippen molar-refractivity contribution in [3.63, 3.8) is 0 Å². The van der Waals surface area contributed by atoms with Gasteiger partial charge in [-0.2, -0.15) is 0 Å². The van der Waals surface area contributed by atoms with Crippen LogP contribution in [0, 0.1) is 25.7 Å². The van der Waals surface area contributed by atoms with Crippen molar-refractivity contribution < 1.29 is 19.8 Å². The van der Waals surface area contributed by atoms with E-state index in [1.807, 2.05) is 50.5 Å². The third kappa shape index (κ3) is 9.59. The standard InChI is InChI=1S/2C29H35N3O2/c2*1-3-28(34)13-14-29(18-22-9-5-4-6-10-22)24(19-28)11-8-16-32-20-23(17-26(29)32)27(33)31-25-12-7-15-30-21(25)2/h2*4-7,9-10,12,15,17,20,24,34H,3,8,11,13-14,16,18-19H2,1-2H3,(H,31,33)/t2*24-,28+,29-/m10/s1. The summed E-state index contributed by atoms with van der Waals surface area (Å²) in [5.74, 6) is 0.589. The summed E-state index contributed by atoms with van der Waals surface area (Å²) in [6.45, 7) is 9.83. The molecule has 10 rings (SSSR count). The number of aromatic nitrogens is 4. The second-order valence-corrected chi connectivity index (χ2v) is 20.7. The smallest absolute Gasteiger partial charge is 0.257 e. The summed E-state index contributed by atoms with van der Waals surface area (Å²) in [5, 5.41) is 28.6. The molecule has 356 valence electrons. The molecule has 6 aromatic rings. The molecule has 2 saturated carbocycles. The van der Waals surface area contributed by atoms with Gasteiger partial charge in [-0.05, 0) is 163 Å². The highest BCUT2D eigenvalue weighted by molar-refractivity contribution is 6.05. The minimum atomic E-state index is -0.579. The van der Waals surface area contributed by atoms with Gasteiger partial charge in [0, 0.05) is 60.1 Å². The van der Waals surface area contributed by atoms with Gasteiger partial charge in [-0.15, -0.1) is 0 Å². The molecule has 0 saturated heterocycles. The fraction of sp³-hybridized carbons (Fsp3) is 0.448. The number of hydrogen-bond donors (Lipinski definition) is 4. The highest BCUT2D eigenvalue weighted by Crippen LogP contribution is 2.55. The van der Waals surface area contributed by atoms with Crippen LogP contribution in [0.3, 0.4) is 0 Å². The maximum absolute atomic E-state index is 13.2. The number of nitrogens with one attached hydrogen (secondary N) is 2. The number of nitrogens with zero attached hydrogens (tertiary/aromatic N) is 4. The molecular weight excluding hydrogens is 845 g/mol. The van der Waals surface area contributed by atoms with Crippen molar-refractivity contribution in [2.24, 2.45) is 11.8 Å². The lowest BCUT2D eigenvalue weighted by molar-refractivity contribution is -0.0505. The van der Waals surface area contributed by atoms with E-state index >= 15 is 0 Å². The minimum absolute atomic E-state index is 0.0813. The summed E-state index contributed by atoms with van der Waals surface area (Å²) in [5.41, 5.74) is 8.33. The van der Waals surface area contributed by atoms with Crippen molar-refractivity contribution in [1.29, 1.82) is 0 Å². The van der Waals surface area contributed by atoms with E-state index in [-0.39, 0.29) is 22.6 Å². The van der Waals surface area contributed by atoms with Crippen molar-refractivity contribution >= 4 is 23.2 Å². The van der Waals surface area contributed by atoms with Crippen LogP contribution in [0.25, 0.3) is 0 Å². The Bertz CT molecular complexity index is 2530. The summed E-state index contributed by atoms with van der Waals surface area (Å²) < 4.78 is 4.65. The average Bonchev–Trinajstić information content (AvgIpc) is 3.93. The van der Waals surface area contributed by atoms with E-state index in [9.17, 15) is 19.8 Å². The number of anilines is 2. The van der Waals surface area contributed by atoms with E-state index in [1.165, 1.54) is 22.5 Å². The Hall–Kier alpha value is -5.84. The summed E-state index contributed by atoms with van der Waals surface area (Å²) in [7, 11) is 0. The largest absolute Gasteiger partial charge is 0.390 e. The van der Waals surface area contributed by atoms with E-state index in [1.54, 1.807) is 12.4 Å². The molecule has 0 radical (unpaired) electrons. The van der Waals surface area contributed by atoms with Gasteiger partial charge in [0.05, 0.1) is 45.1 Å². The first kappa shape index (κ1) is 47.2. The summed E-state index contributed by atoms with van der Waals surface area (Å²) in [4.78, 5) is 35.1. The maximum Gasteiger partial charge on any atom is 0.257 e. The summed E-state index contributed by atoms with van der Waals surface area (Å²) >= 11 is 0. The zero-order valence-electron chi connectivity index (χ0n) is 40.5. The molecule has 2 aliphatic heterocycles. The number of aryl methyl sites for hydroxylation is 4. The van der Waals surface area contributed by atoms with Gasteiger partial charge in [0.15, 0.2) is 0 Å². The summed E-state index contributed by atoms with van der Waals surface area (Å²) in [6, 6.07) is 33.1. The van der Waals surface area contributed by atoms with Gasteiger partial charge >= 0.3 is 0 Å². The van der Waals surface area contributed by atoms with Crippen LogP contribution in [0.5, 0.6) is 0 Å². The van der Waals surface area contributed by atoms with Crippen LogP contribution in [0.2, 0.25) is 0 Å². The predicted octanol–water partition coefficient (Wildman–Crippen LogP) is 11.3. The molecule has 2 aliphatic carbocycles. The van der Waals surface area contributed by atoms with Crippen LogP contribution in [0.4, 0.5) is 11.4 Å². The van der Waals surface area contributed by atoms with E-state index in [2.05, 4.69) is 116 Å². The van der Waals surface area contributed by atoms with E-state index in [0.29, 0.717) is 23.0 Å². The van der Waals surface area contributed by atoms with Crippen molar-refractivity contribution in [2.45, 2.75) is 153 Å². The Morgan fingerprint density at radius 3 is 1.40 bits per heavy atom. The molecular formula is C58H70N6O4. The predicted molar refractivity (Wildman–Crippen MR) is 270 cm³/mol. The topological polar surface area (TPSA) is 134 Å². The highest BCUT2D eigenvalue weighted by atomic mass is 16.3. The lowest BCUT2D eigenvalue weighted by Gasteiger charge is -2.49. The first-order chi connectivity index (χ1) is 32.8. The number of fused-ring (bicyclic) bond motifs is 6. The zero-order valence-corrected chi connectivity index (χ0v) is 40.5. The van der Waals surface area contributed by atoms with Crippen LogP contribution in [0.15, 0.2) is 122 Å². The SMILES string of the molecule is CC[C@@]1(O)CC[C@@]2(Cc3ccccc3)c3cc(C(=O)Nc4cccnc4C)cn3CCC[C@H]2C1.CC[C@]1(O)CC[C@]2(Cc3ccccc3)c3cc(C(=O)Nc4cccnc4C)cn3CCC[C@@H]2C1. The second-order valence-electron chi connectivity index (χ2n) is 20.7. The molecule has 4 N–H and O–H groups in total. The van der Waals surface area contributed by atoms with Gasteiger partial charge < -0.3 is 30.0 Å².